The van der Waals surface area contributed by atoms with Crippen molar-refractivity contribution in [2.75, 3.05) is 53.1 Å². The Labute approximate surface area is 174 Å². The van der Waals surface area contributed by atoms with E-state index in [1.165, 1.54) is 0 Å². The Morgan fingerprint density at radius 2 is 2.31 bits per heavy atom. The van der Waals surface area contributed by atoms with Gasteiger partial charge in [-0.2, -0.15) is 0 Å². The van der Waals surface area contributed by atoms with Gasteiger partial charge in [-0.25, -0.2) is 4.99 Å². The standard InChI is InChI=1S/C19H31N3O3.HI/c1-16(2)13-21-19(20-8-6-18-5-4-10-25-18)22-9-7-17(14-22)15-24-12-11-23-3;/h4-5,10,17H,1,6-9,11-15H2,2-3H3,(H,20,21);1H. The van der Waals surface area contributed by atoms with Gasteiger partial charge >= 0.3 is 0 Å². The molecule has 2 rings (SSSR count). The van der Waals surface area contributed by atoms with Gasteiger partial charge in [0.1, 0.15) is 5.76 Å². The van der Waals surface area contributed by atoms with Gasteiger partial charge in [-0.1, -0.05) is 12.2 Å². The molecule has 2 heterocycles. The van der Waals surface area contributed by atoms with Crippen LogP contribution in [0.4, 0.5) is 0 Å². The first kappa shape index (κ1) is 23.0. The molecule has 0 aliphatic carbocycles. The summed E-state index contributed by atoms with van der Waals surface area (Å²) in [4.78, 5) is 7.02. The number of methoxy groups -OCH3 is 1. The largest absolute Gasteiger partial charge is 0.469 e. The van der Waals surface area contributed by atoms with Crippen molar-refractivity contribution in [3.8, 4) is 0 Å². The van der Waals surface area contributed by atoms with Crippen molar-refractivity contribution in [3.05, 3.63) is 36.3 Å². The van der Waals surface area contributed by atoms with Crippen molar-refractivity contribution in [2.24, 2.45) is 10.9 Å². The molecule has 1 fully saturated rings. The molecular formula is C19H32IN3O3. The highest BCUT2D eigenvalue weighted by Gasteiger charge is 2.25. The van der Waals surface area contributed by atoms with Gasteiger partial charge in [0.15, 0.2) is 5.96 Å². The second-order valence-electron chi connectivity index (χ2n) is 6.52. The third kappa shape index (κ3) is 8.55. The molecule has 26 heavy (non-hydrogen) atoms. The maximum Gasteiger partial charge on any atom is 0.194 e. The van der Waals surface area contributed by atoms with Gasteiger partial charge in [0.2, 0.25) is 0 Å². The molecule has 0 radical (unpaired) electrons. The summed E-state index contributed by atoms with van der Waals surface area (Å²) in [5, 5.41) is 3.47. The molecule has 0 spiro atoms. The van der Waals surface area contributed by atoms with Crippen molar-refractivity contribution in [1.29, 1.82) is 0 Å². The third-order valence-corrected chi connectivity index (χ3v) is 4.10. The van der Waals surface area contributed by atoms with Crippen molar-refractivity contribution in [2.45, 2.75) is 19.8 Å². The predicted octanol–water partition coefficient (Wildman–Crippen LogP) is 2.95. The molecule has 0 amide bonds. The van der Waals surface area contributed by atoms with Crippen LogP contribution in [0.3, 0.4) is 0 Å². The molecule has 6 nitrogen and oxygen atoms in total. The third-order valence-electron chi connectivity index (χ3n) is 4.10. The number of likely N-dealkylation sites (tertiary alicyclic amines) is 1. The molecule has 7 heteroatoms. The number of rotatable bonds is 10. The Kier molecular flexibility index (Phi) is 11.6. The molecule has 0 aromatic carbocycles. The van der Waals surface area contributed by atoms with Crippen molar-refractivity contribution < 1.29 is 13.9 Å². The molecule has 1 unspecified atom stereocenters. The first-order valence-corrected chi connectivity index (χ1v) is 8.95. The van der Waals surface area contributed by atoms with Crippen LogP contribution < -0.4 is 5.32 Å². The second-order valence-corrected chi connectivity index (χ2v) is 6.52. The summed E-state index contributed by atoms with van der Waals surface area (Å²) in [5.74, 6) is 2.48. The number of aliphatic imine (C=N–C) groups is 1. The molecular weight excluding hydrogens is 445 g/mol. The lowest BCUT2D eigenvalue weighted by Crippen LogP contribution is -2.41. The summed E-state index contributed by atoms with van der Waals surface area (Å²) in [7, 11) is 1.69. The van der Waals surface area contributed by atoms with Gasteiger partial charge in [-0.05, 0) is 25.5 Å². The molecule has 0 bridgehead atoms. The molecule has 1 aliphatic heterocycles. The number of halogens is 1. The zero-order chi connectivity index (χ0) is 17.9. The van der Waals surface area contributed by atoms with E-state index in [2.05, 4.69) is 16.8 Å². The summed E-state index contributed by atoms with van der Waals surface area (Å²) in [6.45, 7) is 11.4. The van der Waals surface area contributed by atoms with Gasteiger partial charge in [0, 0.05) is 39.1 Å². The summed E-state index contributed by atoms with van der Waals surface area (Å²) in [6, 6.07) is 3.91. The van der Waals surface area contributed by atoms with E-state index in [1.807, 2.05) is 19.1 Å². The van der Waals surface area contributed by atoms with Crippen LogP contribution in [0.5, 0.6) is 0 Å². The molecule has 1 saturated heterocycles. The number of furan rings is 1. The van der Waals surface area contributed by atoms with Crippen LogP contribution in [0, 0.1) is 5.92 Å². The van der Waals surface area contributed by atoms with E-state index in [4.69, 9.17) is 18.9 Å². The number of ether oxygens (including phenoxy) is 2. The zero-order valence-electron chi connectivity index (χ0n) is 15.9. The Morgan fingerprint density at radius 3 is 3.00 bits per heavy atom. The molecule has 1 aromatic heterocycles. The summed E-state index contributed by atoms with van der Waals surface area (Å²) in [5.41, 5.74) is 1.06. The first-order chi connectivity index (χ1) is 12.2. The highest BCUT2D eigenvalue weighted by Crippen LogP contribution is 2.17. The monoisotopic (exact) mass is 477 g/mol. The lowest BCUT2D eigenvalue weighted by molar-refractivity contribution is 0.0536. The summed E-state index contributed by atoms with van der Waals surface area (Å²) < 4.78 is 16.1. The molecule has 1 aromatic rings. The van der Waals surface area contributed by atoms with Crippen LogP contribution >= 0.6 is 24.0 Å². The van der Waals surface area contributed by atoms with Crippen LogP contribution in [0.2, 0.25) is 0 Å². The van der Waals surface area contributed by atoms with Crippen molar-refractivity contribution >= 4 is 29.9 Å². The van der Waals surface area contributed by atoms with E-state index in [-0.39, 0.29) is 24.0 Å². The number of nitrogens with zero attached hydrogens (tertiary/aromatic N) is 2. The van der Waals surface area contributed by atoms with Crippen LogP contribution in [-0.4, -0.2) is 64.0 Å². The molecule has 0 saturated carbocycles. The predicted molar refractivity (Wildman–Crippen MR) is 115 cm³/mol. The van der Waals surface area contributed by atoms with E-state index in [1.54, 1.807) is 13.4 Å². The maximum absolute atomic E-state index is 5.68. The Morgan fingerprint density at radius 1 is 1.46 bits per heavy atom. The quantitative estimate of drug-likeness (QED) is 0.185. The van der Waals surface area contributed by atoms with Crippen LogP contribution in [0.15, 0.2) is 40.0 Å². The van der Waals surface area contributed by atoms with Crippen LogP contribution in [0.1, 0.15) is 19.1 Å². The van der Waals surface area contributed by atoms with Gasteiger partial charge in [0.05, 0.1) is 32.6 Å². The number of hydrogen-bond acceptors (Lipinski definition) is 4. The van der Waals surface area contributed by atoms with Crippen LogP contribution in [-0.2, 0) is 15.9 Å². The van der Waals surface area contributed by atoms with E-state index >= 15 is 0 Å². The summed E-state index contributed by atoms with van der Waals surface area (Å²) in [6.07, 6.45) is 3.68. The zero-order valence-corrected chi connectivity index (χ0v) is 18.2. The molecule has 1 N–H and O–H groups in total. The second kappa shape index (κ2) is 13.2. The topological polar surface area (TPSA) is 59.2 Å². The Balaban J connectivity index is 0.00000338. The summed E-state index contributed by atoms with van der Waals surface area (Å²) >= 11 is 0. The number of nitrogens with one attached hydrogen (secondary N) is 1. The number of hydrogen-bond donors (Lipinski definition) is 1. The van der Waals surface area contributed by atoms with Gasteiger partial charge < -0.3 is 24.1 Å². The van der Waals surface area contributed by atoms with Gasteiger partial charge in [-0.15, -0.1) is 24.0 Å². The lowest BCUT2D eigenvalue weighted by atomic mass is 10.1. The molecule has 1 atom stereocenters. The Hall–Kier alpha value is -1.06. The van der Waals surface area contributed by atoms with Gasteiger partial charge in [-0.3, -0.25) is 0 Å². The normalized spacial score (nSPS) is 17.2. The smallest absolute Gasteiger partial charge is 0.194 e. The maximum atomic E-state index is 5.68. The molecule has 1 aliphatic rings. The highest BCUT2D eigenvalue weighted by atomic mass is 127. The fourth-order valence-corrected chi connectivity index (χ4v) is 2.78. The SMILES string of the molecule is C=C(C)CN=C(NCCc1ccco1)N1CCC(COCCOC)C1.I. The van der Waals surface area contributed by atoms with Crippen LogP contribution in [0.25, 0.3) is 0 Å². The fraction of sp³-hybridized carbons (Fsp3) is 0.632. The van der Waals surface area contributed by atoms with E-state index < -0.39 is 0 Å². The van der Waals surface area contributed by atoms with Crippen molar-refractivity contribution in [1.82, 2.24) is 10.2 Å². The Bertz CT molecular complexity index is 534. The average Bonchev–Trinajstić information content (AvgIpc) is 3.26. The number of guanidine groups is 1. The van der Waals surface area contributed by atoms with E-state index in [9.17, 15) is 0 Å². The lowest BCUT2D eigenvalue weighted by Gasteiger charge is -2.22. The van der Waals surface area contributed by atoms with Crippen molar-refractivity contribution in [3.63, 3.8) is 0 Å². The highest BCUT2D eigenvalue weighted by molar-refractivity contribution is 14.0. The minimum Gasteiger partial charge on any atom is -0.469 e. The van der Waals surface area contributed by atoms with E-state index in [0.717, 1.165) is 56.4 Å². The minimum absolute atomic E-state index is 0. The van der Waals surface area contributed by atoms with E-state index in [0.29, 0.717) is 25.7 Å². The minimum atomic E-state index is 0. The first-order valence-electron chi connectivity index (χ1n) is 8.95. The fourth-order valence-electron chi connectivity index (χ4n) is 2.78. The molecule has 148 valence electrons. The van der Waals surface area contributed by atoms with Gasteiger partial charge in [0.25, 0.3) is 0 Å². The average molecular weight is 477 g/mol.